The molecular weight excluding hydrogens is 326 g/mol. The molecule has 8 nitrogen and oxygen atoms in total. The maximum absolute atomic E-state index is 12.8. The van der Waals surface area contributed by atoms with Gasteiger partial charge in [-0.3, -0.25) is 9.59 Å². The summed E-state index contributed by atoms with van der Waals surface area (Å²) in [4.78, 5) is 40.2. The minimum Gasteiger partial charge on any atom is -0.450 e. The number of nitrogens with zero attached hydrogens (tertiary/aromatic N) is 2. The first-order chi connectivity index (χ1) is 11.9. The highest BCUT2D eigenvalue weighted by Crippen LogP contribution is 2.21. The van der Waals surface area contributed by atoms with Crippen molar-refractivity contribution in [2.45, 2.75) is 39.7 Å². The molecule has 2 fully saturated rings. The minimum absolute atomic E-state index is 0.0444. The fourth-order valence-corrected chi connectivity index (χ4v) is 3.03. The van der Waals surface area contributed by atoms with Crippen LogP contribution in [-0.4, -0.2) is 79.7 Å². The SMILES string of the molecule is CCOC(=O)N1CCN(C(=O)C(C)(C)C(=O)NCC2CCCO2)CC1. The van der Waals surface area contributed by atoms with E-state index >= 15 is 0 Å². The fraction of sp³-hybridized carbons (Fsp3) is 0.824. The predicted octanol–water partition coefficient (Wildman–Crippen LogP) is 0.609. The first-order valence-electron chi connectivity index (χ1n) is 8.97. The lowest BCUT2D eigenvalue weighted by atomic mass is 9.90. The Morgan fingerprint density at radius 1 is 1.16 bits per heavy atom. The standard InChI is InChI=1S/C17H29N3O5/c1-4-24-16(23)20-9-7-19(8-10-20)15(22)17(2,3)14(21)18-12-13-6-5-11-25-13/h13H,4-12H2,1-3H3,(H,18,21). The van der Waals surface area contributed by atoms with Crippen LogP contribution in [0.2, 0.25) is 0 Å². The fourth-order valence-electron chi connectivity index (χ4n) is 3.03. The highest BCUT2D eigenvalue weighted by atomic mass is 16.6. The third-order valence-electron chi connectivity index (χ3n) is 4.71. The molecule has 0 radical (unpaired) electrons. The highest BCUT2D eigenvalue weighted by molar-refractivity contribution is 6.04. The van der Waals surface area contributed by atoms with Crippen LogP contribution in [0, 0.1) is 5.41 Å². The zero-order valence-electron chi connectivity index (χ0n) is 15.4. The molecule has 0 aromatic rings. The van der Waals surface area contributed by atoms with Gasteiger partial charge in [0.1, 0.15) is 5.41 Å². The third kappa shape index (κ3) is 4.84. The summed E-state index contributed by atoms with van der Waals surface area (Å²) in [5.74, 6) is -0.512. The van der Waals surface area contributed by atoms with Crippen LogP contribution in [0.5, 0.6) is 0 Å². The number of nitrogens with one attached hydrogen (secondary N) is 1. The van der Waals surface area contributed by atoms with E-state index in [9.17, 15) is 14.4 Å². The Balaban J connectivity index is 1.83. The molecule has 2 saturated heterocycles. The van der Waals surface area contributed by atoms with Gasteiger partial charge < -0.3 is 24.6 Å². The lowest BCUT2D eigenvalue weighted by molar-refractivity contribution is -0.150. The molecule has 2 heterocycles. The molecule has 1 unspecified atom stereocenters. The quantitative estimate of drug-likeness (QED) is 0.730. The van der Waals surface area contributed by atoms with Crippen LogP contribution in [0.1, 0.15) is 33.6 Å². The Bertz CT molecular complexity index is 495. The topological polar surface area (TPSA) is 88.2 Å². The lowest BCUT2D eigenvalue weighted by Gasteiger charge is -2.37. The van der Waals surface area contributed by atoms with Crippen LogP contribution in [0.15, 0.2) is 0 Å². The van der Waals surface area contributed by atoms with Crippen molar-refractivity contribution >= 4 is 17.9 Å². The van der Waals surface area contributed by atoms with Gasteiger partial charge in [0.2, 0.25) is 11.8 Å². The predicted molar refractivity (Wildman–Crippen MR) is 90.9 cm³/mol. The third-order valence-corrected chi connectivity index (χ3v) is 4.71. The van der Waals surface area contributed by atoms with Gasteiger partial charge in [-0.15, -0.1) is 0 Å². The molecule has 1 atom stereocenters. The van der Waals surface area contributed by atoms with Crippen LogP contribution in [0.3, 0.4) is 0 Å². The van der Waals surface area contributed by atoms with Crippen molar-refractivity contribution in [3.63, 3.8) is 0 Å². The summed E-state index contributed by atoms with van der Waals surface area (Å²) in [7, 11) is 0. The lowest BCUT2D eigenvalue weighted by Crippen LogP contribution is -2.56. The Morgan fingerprint density at radius 2 is 1.80 bits per heavy atom. The zero-order chi connectivity index (χ0) is 18.4. The number of piperazine rings is 1. The van der Waals surface area contributed by atoms with Gasteiger partial charge in [0.25, 0.3) is 0 Å². The van der Waals surface area contributed by atoms with Gasteiger partial charge in [-0.05, 0) is 33.6 Å². The van der Waals surface area contributed by atoms with Gasteiger partial charge in [0, 0.05) is 39.3 Å². The van der Waals surface area contributed by atoms with Crippen molar-refractivity contribution < 1.29 is 23.9 Å². The summed E-state index contributed by atoms with van der Waals surface area (Å²) in [5, 5.41) is 2.83. The number of hydrogen-bond acceptors (Lipinski definition) is 5. The molecule has 2 aliphatic rings. The Hall–Kier alpha value is -1.83. The van der Waals surface area contributed by atoms with Crippen molar-refractivity contribution in [2.24, 2.45) is 5.41 Å². The maximum atomic E-state index is 12.8. The molecule has 142 valence electrons. The molecule has 8 heteroatoms. The number of ether oxygens (including phenoxy) is 2. The monoisotopic (exact) mass is 355 g/mol. The van der Waals surface area contributed by atoms with Gasteiger partial charge in [-0.1, -0.05) is 0 Å². The molecule has 0 aliphatic carbocycles. The molecule has 3 amide bonds. The molecular formula is C17H29N3O5. The van der Waals surface area contributed by atoms with Gasteiger partial charge in [0.15, 0.2) is 0 Å². The molecule has 2 rings (SSSR count). The Labute approximate surface area is 148 Å². The van der Waals surface area contributed by atoms with Crippen LogP contribution in [-0.2, 0) is 19.1 Å². The van der Waals surface area contributed by atoms with Crippen LogP contribution in [0.4, 0.5) is 4.79 Å². The second-order valence-corrected chi connectivity index (χ2v) is 6.95. The first kappa shape index (κ1) is 19.5. The number of rotatable bonds is 5. The van der Waals surface area contributed by atoms with Gasteiger partial charge in [-0.25, -0.2) is 4.79 Å². The second-order valence-electron chi connectivity index (χ2n) is 6.95. The van der Waals surface area contributed by atoms with E-state index in [0.29, 0.717) is 39.3 Å². The largest absolute Gasteiger partial charge is 0.450 e. The van der Waals surface area contributed by atoms with E-state index in [1.54, 1.807) is 30.6 Å². The Kier molecular flexibility index (Phi) is 6.64. The molecule has 25 heavy (non-hydrogen) atoms. The van der Waals surface area contributed by atoms with E-state index in [1.807, 2.05) is 0 Å². The molecule has 0 aromatic carbocycles. The van der Waals surface area contributed by atoms with Crippen LogP contribution >= 0.6 is 0 Å². The van der Waals surface area contributed by atoms with Gasteiger partial charge in [-0.2, -0.15) is 0 Å². The van der Waals surface area contributed by atoms with E-state index in [-0.39, 0.29) is 24.0 Å². The van der Waals surface area contributed by atoms with Gasteiger partial charge in [0.05, 0.1) is 12.7 Å². The van der Waals surface area contributed by atoms with Crippen molar-refractivity contribution in [3.05, 3.63) is 0 Å². The molecule has 0 bridgehead atoms. The van der Waals surface area contributed by atoms with Crippen molar-refractivity contribution in [3.8, 4) is 0 Å². The van der Waals surface area contributed by atoms with E-state index in [2.05, 4.69) is 5.32 Å². The summed E-state index contributed by atoms with van der Waals surface area (Å²) in [5.41, 5.74) is -1.15. The average Bonchev–Trinajstić information content (AvgIpc) is 3.12. The van der Waals surface area contributed by atoms with Crippen molar-refractivity contribution in [2.75, 3.05) is 45.9 Å². The van der Waals surface area contributed by atoms with E-state index in [1.165, 1.54) is 0 Å². The number of carbonyl (C=O) groups is 3. The summed E-state index contributed by atoms with van der Waals surface area (Å²) in [6.45, 7) is 8.16. The Morgan fingerprint density at radius 3 is 2.36 bits per heavy atom. The second kappa shape index (κ2) is 8.51. The number of carbonyl (C=O) groups excluding carboxylic acids is 3. The first-order valence-corrected chi connectivity index (χ1v) is 8.97. The zero-order valence-corrected chi connectivity index (χ0v) is 15.4. The van der Waals surface area contributed by atoms with Crippen molar-refractivity contribution in [1.82, 2.24) is 15.1 Å². The normalized spacial score (nSPS) is 21.2. The molecule has 2 aliphatic heterocycles. The number of hydrogen-bond donors (Lipinski definition) is 1. The van der Waals surface area contributed by atoms with E-state index in [0.717, 1.165) is 19.4 Å². The summed E-state index contributed by atoms with van der Waals surface area (Å²) < 4.78 is 10.5. The van der Waals surface area contributed by atoms with Gasteiger partial charge >= 0.3 is 6.09 Å². The molecule has 0 aromatic heterocycles. The number of amides is 3. The average molecular weight is 355 g/mol. The van der Waals surface area contributed by atoms with Crippen LogP contribution in [0.25, 0.3) is 0 Å². The molecule has 0 spiro atoms. The highest BCUT2D eigenvalue weighted by Gasteiger charge is 2.40. The van der Waals surface area contributed by atoms with Crippen molar-refractivity contribution in [1.29, 1.82) is 0 Å². The van der Waals surface area contributed by atoms with Crippen LogP contribution < -0.4 is 5.32 Å². The van der Waals surface area contributed by atoms with E-state index in [4.69, 9.17) is 9.47 Å². The summed E-state index contributed by atoms with van der Waals surface area (Å²) in [6, 6.07) is 0. The smallest absolute Gasteiger partial charge is 0.409 e. The summed E-state index contributed by atoms with van der Waals surface area (Å²) >= 11 is 0. The molecule has 0 saturated carbocycles. The molecule has 1 N–H and O–H groups in total. The van der Waals surface area contributed by atoms with E-state index < -0.39 is 5.41 Å². The summed E-state index contributed by atoms with van der Waals surface area (Å²) in [6.07, 6.45) is 1.63. The maximum Gasteiger partial charge on any atom is 0.409 e. The minimum atomic E-state index is -1.15.